The Balaban J connectivity index is 1.58. The third-order valence-electron chi connectivity index (χ3n) is 6.14. The van der Waals surface area contributed by atoms with Gasteiger partial charge in [0.2, 0.25) is 15.8 Å². The van der Waals surface area contributed by atoms with E-state index in [1.807, 2.05) is 6.20 Å². The summed E-state index contributed by atoms with van der Waals surface area (Å²) in [4.78, 5) is 19.9. The number of fused-ring (bicyclic) bond motifs is 1. The minimum atomic E-state index is -3.81. The lowest BCUT2D eigenvalue weighted by Crippen LogP contribution is -2.26. The molecule has 180 valence electrons. The first-order valence-corrected chi connectivity index (χ1v) is 12.7. The lowest BCUT2D eigenvalue weighted by molar-refractivity contribution is -0.136. The Labute approximate surface area is 198 Å². The normalized spacial score (nSPS) is 15.1. The van der Waals surface area contributed by atoms with Crippen LogP contribution in [0.3, 0.4) is 0 Å². The molecule has 4 rings (SSSR count). The standard InChI is InChI=1S/C24H28N4O5S/c1-4-20-18-13-24(2,3)11-9-17(18)19(14-25-20)23-27-22(28-33-23)15-5-7-16(8-6-15)34(31,32)26-12-10-21(29)30/h5-8,14,26H,4,9-13H2,1-3H3,(H,29,30). The summed E-state index contributed by atoms with van der Waals surface area (Å²) >= 11 is 0. The van der Waals surface area contributed by atoms with E-state index >= 15 is 0 Å². The van der Waals surface area contributed by atoms with Gasteiger partial charge in [-0.15, -0.1) is 0 Å². The SMILES string of the molecule is CCc1ncc(-c2nc(-c3ccc(S(=O)(=O)NCCC(=O)O)cc3)no2)c2c1CC(C)(C)CC2. The van der Waals surface area contributed by atoms with Gasteiger partial charge in [-0.2, -0.15) is 4.98 Å². The Morgan fingerprint density at radius 2 is 1.94 bits per heavy atom. The summed E-state index contributed by atoms with van der Waals surface area (Å²) < 4.78 is 32.5. The summed E-state index contributed by atoms with van der Waals surface area (Å²) in [6.07, 6.45) is 5.34. The summed E-state index contributed by atoms with van der Waals surface area (Å²) in [5.74, 6) is -0.328. The fraction of sp³-hybridized carbons (Fsp3) is 0.417. The van der Waals surface area contributed by atoms with E-state index in [0.717, 1.165) is 36.9 Å². The third kappa shape index (κ3) is 5.02. The molecule has 0 spiro atoms. The van der Waals surface area contributed by atoms with Crippen LogP contribution in [0.15, 0.2) is 39.9 Å². The van der Waals surface area contributed by atoms with E-state index in [0.29, 0.717) is 17.3 Å². The number of nitrogens with zero attached hydrogens (tertiary/aromatic N) is 3. The fourth-order valence-corrected chi connectivity index (χ4v) is 5.29. The molecule has 3 aromatic rings. The molecule has 1 aliphatic rings. The number of aromatic nitrogens is 3. The lowest BCUT2D eigenvalue weighted by atomic mass is 9.73. The topological polar surface area (TPSA) is 135 Å². The second-order valence-electron chi connectivity index (χ2n) is 9.26. The van der Waals surface area contributed by atoms with E-state index in [9.17, 15) is 13.2 Å². The van der Waals surface area contributed by atoms with E-state index in [1.165, 1.54) is 23.3 Å². The molecule has 0 fully saturated rings. The number of rotatable bonds is 8. The largest absolute Gasteiger partial charge is 0.481 e. The molecule has 0 saturated heterocycles. The number of nitrogens with one attached hydrogen (secondary N) is 1. The van der Waals surface area contributed by atoms with Crippen LogP contribution >= 0.6 is 0 Å². The summed E-state index contributed by atoms with van der Waals surface area (Å²) in [5, 5.41) is 12.8. The molecule has 0 radical (unpaired) electrons. The maximum absolute atomic E-state index is 12.3. The van der Waals surface area contributed by atoms with Crippen molar-refractivity contribution >= 4 is 16.0 Å². The second kappa shape index (κ2) is 9.27. The van der Waals surface area contributed by atoms with Gasteiger partial charge in [-0.25, -0.2) is 13.1 Å². The minimum absolute atomic E-state index is 0.0291. The van der Waals surface area contributed by atoms with Crippen molar-refractivity contribution in [2.24, 2.45) is 5.41 Å². The van der Waals surface area contributed by atoms with Gasteiger partial charge in [0.1, 0.15) is 0 Å². The number of carbonyl (C=O) groups is 1. The summed E-state index contributed by atoms with van der Waals surface area (Å²) in [6.45, 7) is 6.48. The molecule has 2 aromatic heterocycles. The van der Waals surface area contributed by atoms with Crippen LogP contribution in [0.25, 0.3) is 22.8 Å². The van der Waals surface area contributed by atoms with E-state index in [1.54, 1.807) is 12.1 Å². The molecule has 34 heavy (non-hydrogen) atoms. The Kier molecular flexibility index (Phi) is 6.55. The average Bonchev–Trinajstić information content (AvgIpc) is 3.27. The van der Waals surface area contributed by atoms with Gasteiger partial charge in [0.15, 0.2) is 0 Å². The van der Waals surface area contributed by atoms with Gasteiger partial charge in [0.05, 0.1) is 16.9 Å². The molecule has 0 bridgehead atoms. The Morgan fingerprint density at radius 1 is 1.21 bits per heavy atom. The molecule has 2 heterocycles. The van der Waals surface area contributed by atoms with Crippen LogP contribution in [0.1, 0.15) is 50.4 Å². The van der Waals surface area contributed by atoms with Gasteiger partial charge < -0.3 is 9.63 Å². The molecular formula is C24H28N4O5S. The van der Waals surface area contributed by atoms with E-state index in [4.69, 9.17) is 9.63 Å². The van der Waals surface area contributed by atoms with Gasteiger partial charge in [0.25, 0.3) is 5.89 Å². The van der Waals surface area contributed by atoms with Gasteiger partial charge in [-0.1, -0.05) is 25.9 Å². The van der Waals surface area contributed by atoms with E-state index in [2.05, 4.69) is 40.6 Å². The monoisotopic (exact) mass is 484 g/mol. The molecule has 0 atom stereocenters. The number of aryl methyl sites for hydroxylation is 1. The number of hydrogen-bond donors (Lipinski definition) is 2. The third-order valence-corrected chi connectivity index (χ3v) is 7.62. The number of carboxylic acid groups (broad SMARTS) is 1. The molecule has 9 nitrogen and oxygen atoms in total. The highest BCUT2D eigenvalue weighted by Gasteiger charge is 2.30. The highest BCUT2D eigenvalue weighted by Crippen LogP contribution is 2.40. The number of carboxylic acids is 1. The first kappa shape index (κ1) is 24.0. The molecule has 0 aliphatic heterocycles. The molecule has 1 aromatic carbocycles. The zero-order valence-electron chi connectivity index (χ0n) is 19.5. The number of pyridine rings is 1. The molecule has 1 aliphatic carbocycles. The van der Waals surface area contributed by atoms with Crippen molar-refractivity contribution in [1.29, 1.82) is 0 Å². The summed E-state index contributed by atoms with van der Waals surface area (Å²) in [7, 11) is -3.81. The van der Waals surface area contributed by atoms with Crippen molar-refractivity contribution in [3.8, 4) is 22.8 Å². The molecule has 10 heteroatoms. The van der Waals surface area contributed by atoms with Crippen LogP contribution < -0.4 is 4.72 Å². The number of benzene rings is 1. The van der Waals surface area contributed by atoms with Crippen LogP contribution in [0, 0.1) is 5.41 Å². The quantitative estimate of drug-likeness (QED) is 0.495. The van der Waals surface area contributed by atoms with Crippen LogP contribution in [-0.2, 0) is 34.1 Å². The fourth-order valence-electron chi connectivity index (χ4n) is 4.26. The first-order valence-electron chi connectivity index (χ1n) is 11.3. The van der Waals surface area contributed by atoms with E-state index < -0.39 is 16.0 Å². The predicted molar refractivity (Wildman–Crippen MR) is 126 cm³/mol. The van der Waals surface area contributed by atoms with Crippen LogP contribution in [-0.4, -0.2) is 41.2 Å². The Morgan fingerprint density at radius 3 is 2.62 bits per heavy atom. The highest BCUT2D eigenvalue weighted by atomic mass is 32.2. The number of aliphatic carboxylic acids is 1. The zero-order chi connectivity index (χ0) is 24.5. The van der Waals surface area contributed by atoms with Gasteiger partial charge in [-0.3, -0.25) is 9.78 Å². The van der Waals surface area contributed by atoms with Gasteiger partial charge in [0, 0.05) is 24.0 Å². The predicted octanol–water partition coefficient (Wildman–Crippen LogP) is 3.63. The summed E-state index contributed by atoms with van der Waals surface area (Å²) in [5.41, 5.74) is 5.29. The van der Waals surface area contributed by atoms with Crippen molar-refractivity contribution in [2.75, 3.05) is 6.54 Å². The van der Waals surface area contributed by atoms with Crippen molar-refractivity contribution in [1.82, 2.24) is 19.8 Å². The number of hydrogen-bond acceptors (Lipinski definition) is 7. The first-order chi connectivity index (χ1) is 16.1. The Bertz CT molecular complexity index is 1310. The van der Waals surface area contributed by atoms with Crippen LogP contribution in [0.2, 0.25) is 0 Å². The zero-order valence-corrected chi connectivity index (χ0v) is 20.3. The minimum Gasteiger partial charge on any atom is -0.481 e. The number of sulfonamides is 1. The van der Waals surface area contributed by atoms with Crippen molar-refractivity contribution in [3.63, 3.8) is 0 Å². The van der Waals surface area contributed by atoms with Crippen LogP contribution in [0.4, 0.5) is 0 Å². The van der Waals surface area contributed by atoms with Gasteiger partial charge in [-0.05, 0) is 66.5 Å². The molecule has 2 N–H and O–H groups in total. The Hall–Kier alpha value is -3.11. The van der Waals surface area contributed by atoms with Gasteiger partial charge >= 0.3 is 5.97 Å². The second-order valence-corrected chi connectivity index (χ2v) is 11.0. The van der Waals surface area contributed by atoms with Crippen molar-refractivity contribution in [3.05, 3.63) is 47.3 Å². The summed E-state index contributed by atoms with van der Waals surface area (Å²) in [6, 6.07) is 6.04. The highest BCUT2D eigenvalue weighted by molar-refractivity contribution is 7.89. The smallest absolute Gasteiger partial charge is 0.304 e. The maximum Gasteiger partial charge on any atom is 0.304 e. The molecule has 0 unspecified atom stereocenters. The lowest BCUT2D eigenvalue weighted by Gasteiger charge is -2.33. The van der Waals surface area contributed by atoms with E-state index in [-0.39, 0.29) is 23.3 Å². The molecule has 0 saturated carbocycles. The van der Waals surface area contributed by atoms with Crippen molar-refractivity contribution < 1.29 is 22.8 Å². The maximum atomic E-state index is 12.3. The molecular weight excluding hydrogens is 456 g/mol. The molecule has 0 amide bonds. The average molecular weight is 485 g/mol. The van der Waals surface area contributed by atoms with Crippen LogP contribution in [0.5, 0.6) is 0 Å². The van der Waals surface area contributed by atoms with Crippen molar-refractivity contribution in [2.45, 2.75) is 57.8 Å².